The Kier molecular flexibility index (Phi) is 5.07. The number of hydrogen-bond acceptors (Lipinski definition) is 2. The standard InChI is InChI=1S/C17H25NO2/c1-4-6-12-20-17-13-10-11-18(3)15(13)9-8-14(17)16(19)7-5-2/h8-11,16,19H,4-7,12H2,1-3H3. The second-order valence-electron chi connectivity index (χ2n) is 5.35. The van der Waals surface area contributed by atoms with Gasteiger partial charge in [-0.15, -0.1) is 0 Å². The van der Waals surface area contributed by atoms with Crippen LogP contribution in [0.15, 0.2) is 24.4 Å². The average molecular weight is 275 g/mol. The van der Waals surface area contributed by atoms with Gasteiger partial charge in [-0.2, -0.15) is 0 Å². The number of aliphatic hydroxyl groups excluding tert-OH is 1. The summed E-state index contributed by atoms with van der Waals surface area (Å²) < 4.78 is 8.08. The van der Waals surface area contributed by atoms with E-state index in [4.69, 9.17) is 4.74 Å². The molecule has 2 aromatic rings. The lowest BCUT2D eigenvalue weighted by Gasteiger charge is -2.17. The first kappa shape index (κ1) is 14.9. The Labute approximate surface area is 121 Å². The Morgan fingerprint density at radius 1 is 1.20 bits per heavy atom. The highest BCUT2D eigenvalue weighted by atomic mass is 16.5. The van der Waals surface area contributed by atoms with E-state index in [2.05, 4.69) is 30.5 Å². The molecule has 1 atom stereocenters. The van der Waals surface area contributed by atoms with Crippen molar-refractivity contribution in [2.24, 2.45) is 7.05 Å². The molecule has 0 saturated heterocycles. The van der Waals surface area contributed by atoms with Crippen LogP contribution in [-0.2, 0) is 7.05 Å². The molecule has 3 heteroatoms. The molecule has 0 aliphatic rings. The number of rotatable bonds is 7. The van der Waals surface area contributed by atoms with Crippen molar-refractivity contribution < 1.29 is 9.84 Å². The zero-order valence-corrected chi connectivity index (χ0v) is 12.7. The molecule has 1 heterocycles. The molecule has 110 valence electrons. The van der Waals surface area contributed by atoms with Crippen LogP contribution in [0.25, 0.3) is 10.9 Å². The molecule has 1 aromatic carbocycles. The molecule has 0 spiro atoms. The highest BCUT2D eigenvalue weighted by molar-refractivity contribution is 5.88. The van der Waals surface area contributed by atoms with Crippen LogP contribution in [0.3, 0.4) is 0 Å². The van der Waals surface area contributed by atoms with Gasteiger partial charge < -0.3 is 14.4 Å². The number of nitrogens with zero attached hydrogens (tertiary/aromatic N) is 1. The number of hydrogen-bond donors (Lipinski definition) is 1. The summed E-state index contributed by atoms with van der Waals surface area (Å²) in [5.41, 5.74) is 2.06. The average Bonchev–Trinajstić information content (AvgIpc) is 2.81. The van der Waals surface area contributed by atoms with Crippen LogP contribution < -0.4 is 4.74 Å². The predicted octanol–water partition coefficient (Wildman–Crippen LogP) is 4.19. The van der Waals surface area contributed by atoms with E-state index in [1.165, 1.54) is 0 Å². The van der Waals surface area contributed by atoms with Crippen molar-refractivity contribution in [1.29, 1.82) is 0 Å². The van der Waals surface area contributed by atoms with Crippen LogP contribution in [0.2, 0.25) is 0 Å². The van der Waals surface area contributed by atoms with Gasteiger partial charge in [-0.1, -0.05) is 32.8 Å². The van der Waals surface area contributed by atoms with Gasteiger partial charge in [-0.25, -0.2) is 0 Å². The monoisotopic (exact) mass is 275 g/mol. The maximum Gasteiger partial charge on any atom is 0.134 e. The van der Waals surface area contributed by atoms with Gasteiger partial charge in [-0.05, 0) is 25.0 Å². The molecular weight excluding hydrogens is 250 g/mol. The first-order valence-corrected chi connectivity index (χ1v) is 7.57. The fraction of sp³-hybridized carbons (Fsp3) is 0.529. The molecule has 3 nitrogen and oxygen atoms in total. The van der Waals surface area contributed by atoms with E-state index in [0.717, 1.165) is 47.9 Å². The molecule has 0 bridgehead atoms. The summed E-state index contributed by atoms with van der Waals surface area (Å²) in [6.07, 6.45) is 5.46. The van der Waals surface area contributed by atoms with Crippen LogP contribution in [0.5, 0.6) is 5.75 Å². The van der Waals surface area contributed by atoms with Gasteiger partial charge in [0, 0.05) is 24.2 Å². The Balaban J connectivity index is 2.41. The zero-order valence-electron chi connectivity index (χ0n) is 12.7. The van der Waals surface area contributed by atoms with Crippen LogP contribution >= 0.6 is 0 Å². The van der Waals surface area contributed by atoms with Gasteiger partial charge in [0.05, 0.1) is 18.2 Å². The van der Waals surface area contributed by atoms with E-state index in [1.807, 2.05) is 19.3 Å². The lowest BCUT2D eigenvalue weighted by Crippen LogP contribution is -2.04. The summed E-state index contributed by atoms with van der Waals surface area (Å²) in [6, 6.07) is 6.14. The van der Waals surface area contributed by atoms with Crippen molar-refractivity contribution in [2.75, 3.05) is 6.61 Å². The topological polar surface area (TPSA) is 34.4 Å². The lowest BCUT2D eigenvalue weighted by molar-refractivity contribution is 0.160. The van der Waals surface area contributed by atoms with Gasteiger partial charge >= 0.3 is 0 Å². The number of ether oxygens (including phenoxy) is 1. The van der Waals surface area contributed by atoms with E-state index in [-0.39, 0.29) is 0 Å². The molecule has 0 radical (unpaired) electrons. The summed E-state index contributed by atoms with van der Waals surface area (Å²) in [5, 5.41) is 11.4. The second kappa shape index (κ2) is 6.80. The first-order valence-electron chi connectivity index (χ1n) is 7.57. The number of unbranched alkanes of at least 4 members (excludes halogenated alkanes) is 1. The Hall–Kier alpha value is -1.48. The highest BCUT2D eigenvalue weighted by Crippen LogP contribution is 2.35. The normalized spacial score (nSPS) is 12.8. The summed E-state index contributed by atoms with van der Waals surface area (Å²) in [7, 11) is 2.03. The lowest BCUT2D eigenvalue weighted by atomic mass is 10.0. The summed E-state index contributed by atoms with van der Waals surface area (Å²) in [6.45, 7) is 4.94. The molecule has 1 unspecified atom stereocenters. The largest absolute Gasteiger partial charge is 0.492 e. The minimum Gasteiger partial charge on any atom is -0.492 e. The van der Waals surface area contributed by atoms with E-state index in [0.29, 0.717) is 6.61 Å². The SMILES string of the molecule is CCCCOc1c(C(O)CCC)ccc2c1ccn2C. The quantitative estimate of drug-likeness (QED) is 0.769. The molecule has 2 rings (SSSR count). The zero-order chi connectivity index (χ0) is 14.5. The number of fused-ring (bicyclic) bond motifs is 1. The molecule has 0 aliphatic heterocycles. The van der Waals surface area contributed by atoms with Gasteiger partial charge in [0.2, 0.25) is 0 Å². The van der Waals surface area contributed by atoms with E-state index >= 15 is 0 Å². The van der Waals surface area contributed by atoms with Gasteiger partial charge in [0.1, 0.15) is 5.75 Å². The van der Waals surface area contributed by atoms with Gasteiger partial charge in [0.25, 0.3) is 0 Å². The highest BCUT2D eigenvalue weighted by Gasteiger charge is 2.17. The van der Waals surface area contributed by atoms with Gasteiger partial charge in [-0.3, -0.25) is 0 Å². The fourth-order valence-electron chi connectivity index (χ4n) is 2.51. The Morgan fingerprint density at radius 3 is 2.70 bits per heavy atom. The minimum atomic E-state index is -0.443. The van der Waals surface area contributed by atoms with Crippen LogP contribution in [0, 0.1) is 0 Å². The third-order valence-corrected chi connectivity index (χ3v) is 3.71. The van der Waals surface area contributed by atoms with Crippen LogP contribution in [-0.4, -0.2) is 16.3 Å². The minimum absolute atomic E-state index is 0.443. The summed E-state index contributed by atoms with van der Waals surface area (Å²) >= 11 is 0. The molecule has 1 N–H and O–H groups in total. The number of aromatic nitrogens is 1. The van der Waals surface area contributed by atoms with Crippen LogP contribution in [0.4, 0.5) is 0 Å². The van der Waals surface area contributed by atoms with Crippen molar-refractivity contribution in [2.45, 2.75) is 45.6 Å². The number of aliphatic hydroxyl groups is 1. The van der Waals surface area contributed by atoms with E-state index in [9.17, 15) is 5.11 Å². The molecule has 1 aromatic heterocycles. The third kappa shape index (κ3) is 2.98. The van der Waals surface area contributed by atoms with Crippen molar-refractivity contribution >= 4 is 10.9 Å². The Bertz CT molecular complexity index is 559. The molecule has 0 amide bonds. The molecule has 0 saturated carbocycles. The van der Waals surface area contributed by atoms with Crippen molar-refractivity contribution in [3.63, 3.8) is 0 Å². The molecule has 0 aliphatic carbocycles. The van der Waals surface area contributed by atoms with Crippen LogP contribution in [0.1, 0.15) is 51.2 Å². The second-order valence-corrected chi connectivity index (χ2v) is 5.35. The summed E-state index contributed by atoms with van der Waals surface area (Å²) in [5.74, 6) is 0.859. The first-order chi connectivity index (χ1) is 9.69. The van der Waals surface area contributed by atoms with E-state index < -0.39 is 6.10 Å². The van der Waals surface area contributed by atoms with Crippen molar-refractivity contribution in [1.82, 2.24) is 4.57 Å². The Morgan fingerprint density at radius 2 is 2.00 bits per heavy atom. The van der Waals surface area contributed by atoms with Crippen molar-refractivity contribution in [3.8, 4) is 5.75 Å². The van der Waals surface area contributed by atoms with Gasteiger partial charge in [0.15, 0.2) is 0 Å². The number of benzene rings is 1. The van der Waals surface area contributed by atoms with Crippen molar-refractivity contribution in [3.05, 3.63) is 30.0 Å². The molecule has 20 heavy (non-hydrogen) atoms. The summed E-state index contributed by atoms with van der Waals surface area (Å²) in [4.78, 5) is 0. The maximum absolute atomic E-state index is 10.3. The predicted molar refractivity (Wildman–Crippen MR) is 83.2 cm³/mol. The van der Waals surface area contributed by atoms with E-state index in [1.54, 1.807) is 0 Å². The fourth-order valence-corrected chi connectivity index (χ4v) is 2.51. The third-order valence-electron chi connectivity index (χ3n) is 3.71. The number of aryl methyl sites for hydroxylation is 1. The molecular formula is C17H25NO2. The molecule has 0 fully saturated rings. The smallest absolute Gasteiger partial charge is 0.134 e. The maximum atomic E-state index is 10.3.